The Hall–Kier alpha value is -1.60. The van der Waals surface area contributed by atoms with Gasteiger partial charge in [-0.2, -0.15) is 0 Å². The van der Waals surface area contributed by atoms with Gasteiger partial charge in [0, 0.05) is 12.0 Å². The summed E-state index contributed by atoms with van der Waals surface area (Å²) in [5, 5.41) is 0. The number of nitrogens with two attached hydrogens (primary N) is 1. The van der Waals surface area contributed by atoms with E-state index in [1.165, 1.54) is 16.7 Å². The van der Waals surface area contributed by atoms with E-state index in [1.807, 2.05) is 0 Å². The van der Waals surface area contributed by atoms with E-state index in [9.17, 15) is 0 Å². The molecule has 0 fully saturated rings. The molecule has 0 heterocycles. The molecule has 0 amide bonds. The molecule has 2 aromatic rings. The Morgan fingerprint density at radius 3 is 2.05 bits per heavy atom. The van der Waals surface area contributed by atoms with E-state index in [2.05, 4.69) is 75.4 Å². The first-order valence-corrected chi connectivity index (χ1v) is 7.39. The van der Waals surface area contributed by atoms with Gasteiger partial charge in [-0.1, -0.05) is 75.4 Å². The predicted molar refractivity (Wildman–Crippen MR) is 87.1 cm³/mol. The van der Waals surface area contributed by atoms with E-state index >= 15 is 0 Å². The second-order valence-electron chi connectivity index (χ2n) is 6.20. The van der Waals surface area contributed by atoms with Gasteiger partial charge in [-0.05, 0) is 29.0 Å². The van der Waals surface area contributed by atoms with Crippen LogP contribution in [0.2, 0.25) is 0 Å². The van der Waals surface area contributed by atoms with Gasteiger partial charge in [-0.3, -0.25) is 0 Å². The highest BCUT2D eigenvalue weighted by atomic mass is 14.6. The molecule has 0 aliphatic rings. The summed E-state index contributed by atoms with van der Waals surface area (Å²) in [6.45, 7) is 7.35. The van der Waals surface area contributed by atoms with Crippen LogP contribution in [0.15, 0.2) is 54.6 Å². The van der Waals surface area contributed by atoms with Crippen molar-refractivity contribution >= 4 is 0 Å². The van der Waals surface area contributed by atoms with Crippen LogP contribution in [0, 0.1) is 0 Å². The van der Waals surface area contributed by atoms with Crippen molar-refractivity contribution in [3.8, 4) is 0 Å². The lowest BCUT2D eigenvalue weighted by molar-refractivity contribution is 0.481. The van der Waals surface area contributed by atoms with E-state index in [1.54, 1.807) is 0 Å². The van der Waals surface area contributed by atoms with E-state index in [0.29, 0.717) is 12.5 Å². The van der Waals surface area contributed by atoms with Gasteiger partial charge in [0.2, 0.25) is 0 Å². The lowest BCUT2D eigenvalue weighted by Crippen LogP contribution is -2.34. The fourth-order valence-corrected chi connectivity index (χ4v) is 2.60. The first kappa shape index (κ1) is 14.8. The van der Waals surface area contributed by atoms with Crippen LogP contribution in [0.3, 0.4) is 0 Å². The molecule has 0 radical (unpaired) electrons. The maximum absolute atomic E-state index is 6.07. The summed E-state index contributed by atoms with van der Waals surface area (Å²) in [7, 11) is 0. The third-order valence-corrected chi connectivity index (χ3v) is 4.16. The number of rotatable bonds is 5. The Balaban J connectivity index is 2.22. The molecule has 0 aliphatic heterocycles. The molecule has 2 N–H and O–H groups in total. The standard InChI is InChI=1S/C19H25N/c1-15(2)17-11-9-16(10-12-17)13-19(3,14-20)18-7-5-4-6-8-18/h4-12,15H,13-14,20H2,1-3H3. The minimum atomic E-state index is 0.000603. The van der Waals surface area contributed by atoms with Gasteiger partial charge in [0.05, 0.1) is 0 Å². The Kier molecular flexibility index (Phi) is 4.61. The third kappa shape index (κ3) is 3.29. The zero-order chi connectivity index (χ0) is 14.6. The van der Waals surface area contributed by atoms with Crippen LogP contribution in [0.4, 0.5) is 0 Å². The SMILES string of the molecule is CC(C)c1ccc(CC(C)(CN)c2ccccc2)cc1. The van der Waals surface area contributed by atoms with Crippen LogP contribution in [-0.2, 0) is 11.8 Å². The van der Waals surface area contributed by atoms with Gasteiger partial charge < -0.3 is 5.73 Å². The summed E-state index contributed by atoms with van der Waals surface area (Å²) in [5.74, 6) is 0.582. The fourth-order valence-electron chi connectivity index (χ4n) is 2.60. The first-order valence-electron chi connectivity index (χ1n) is 7.39. The molecule has 0 bridgehead atoms. The summed E-state index contributed by atoms with van der Waals surface area (Å²) in [6.07, 6.45) is 0.978. The molecule has 0 saturated heterocycles. The van der Waals surface area contributed by atoms with Gasteiger partial charge in [0.1, 0.15) is 0 Å². The van der Waals surface area contributed by atoms with E-state index < -0.39 is 0 Å². The summed E-state index contributed by atoms with van der Waals surface area (Å²) in [4.78, 5) is 0. The number of hydrogen-bond donors (Lipinski definition) is 1. The van der Waals surface area contributed by atoms with Crippen molar-refractivity contribution < 1.29 is 0 Å². The van der Waals surface area contributed by atoms with Gasteiger partial charge in [-0.15, -0.1) is 0 Å². The Bertz CT molecular complexity index is 527. The van der Waals surface area contributed by atoms with E-state index in [-0.39, 0.29) is 5.41 Å². The molecule has 0 spiro atoms. The molecule has 1 heteroatoms. The van der Waals surface area contributed by atoms with Crippen molar-refractivity contribution in [3.05, 3.63) is 71.3 Å². The Labute approximate surface area is 122 Å². The smallest absolute Gasteiger partial charge is 0.00875 e. The molecule has 2 rings (SSSR count). The number of hydrogen-bond acceptors (Lipinski definition) is 1. The zero-order valence-corrected chi connectivity index (χ0v) is 12.8. The Morgan fingerprint density at radius 2 is 1.55 bits per heavy atom. The number of benzene rings is 2. The predicted octanol–water partition coefficient (Wildman–Crippen LogP) is 4.27. The molecule has 2 aromatic carbocycles. The topological polar surface area (TPSA) is 26.0 Å². The van der Waals surface area contributed by atoms with Gasteiger partial charge in [0.25, 0.3) is 0 Å². The highest BCUT2D eigenvalue weighted by Crippen LogP contribution is 2.27. The molecule has 106 valence electrons. The quantitative estimate of drug-likeness (QED) is 0.860. The second kappa shape index (κ2) is 6.23. The van der Waals surface area contributed by atoms with Crippen molar-refractivity contribution in [1.29, 1.82) is 0 Å². The summed E-state index contributed by atoms with van der Waals surface area (Å²) in [6, 6.07) is 19.5. The molecule has 1 nitrogen and oxygen atoms in total. The monoisotopic (exact) mass is 267 g/mol. The highest BCUT2D eigenvalue weighted by Gasteiger charge is 2.25. The zero-order valence-electron chi connectivity index (χ0n) is 12.8. The van der Waals surface area contributed by atoms with Gasteiger partial charge >= 0.3 is 0 Å². The molecule has 20 heavy (non-hydrogen) atoms. The van der Waals surface area contributed by atoms with Crippen molar-refractivity contribution in [3.63, 3.8) is 0 Å². The van der Waals surface area contributed by atoms with Crippen LogP contribution in [-0.4, -0.2) is 6.54 Å². The van der Waals surface area contributed by atoms with Crippen LogP contribution in [0.25, 0.3) is 0 Å². The maximum Gasteiger partial charge on any atom is 0.00875 e. The van der Waals surface area contributed by atoms with Crippen LogP contribution >= 0.6 is 0 Å². The molecule has 1 unspecified atom stereocenters. The summed E-state index contributed by atoms with van der Waals surface area (Å²) >= 11 is 0. The fraction of sp³-hybridized carbons (Fsp3) is 0.368. The van der Waals surface area contributed by atoms with Crippen molar-refractivity contribution in [2.24, 2.45) is 5.73 Å². The van der Waals surface area contributed by atoms with Crippen molar-refractivity contribution in [2.45, 2.75) is 38.5 Å². The molecule has 0 aromatic heterocycles. The Morgan fingerprint density at radius 1 is 0.950 bits per heavy atom. The van der Waals surface area contributed by atoms with Crippen molar-refractivity contribution in [1.82, 2.24) is 0 Å². The maximum atomic E-state index is 6.07. The lowest BCUT2D eigenvalue weighted by atomic mass is 9.77. The van der Waals surface area contributed by atoms with E-state index in [4.69, 9.17) is 5.73 Å². The lowest BCUT2D eigenvalue weighted by Gasteiger charge is -2.29. The van der Waals surface area contributed by atoms with E-state index in [0.717, 1.165) is 6.42 Å². The minimum Gasteiger partial charge on any atom is -0.330 e. The highest BCUT2D eigenvalue weighted by molar-refractivity contribution is 5.31. The van der Waals surface area contributed by atoms with Crippen LogP contribution in [0.5, 0.6) is 0 Å². The average molecular weight is 267 g/mol. The van der Waals surface area contributed by atoms with Crippen LogP contribution in [0.1, 0.15) is 43.4 Å². The minimum absolute atomic E-state index is 0.000603. The summed E-state index contributed by atoms with van der Waals surface area (Å²) in [5.41, 5.74) is 10.1. The third-order valence-electron chi connectivity index (χ3n) is 4.16. The second-order valence-corrected chi connectivity index (χ2v) is 6.20. The summed E-state index contributed by atoms with van der Waals surface area (Å²) < 4.78 is 0. The first-order chi connectivity index (χ1) is 9.55. The molecular formula is C19H25N. The molecule has 0 aliphatic carbocycles. The normalized spacial score (nSPS) is 14.2. The average Bonchev–Trinajstić information content (AvgIpc) is 2.48. The van der Waals surface area contributed by atoms with Crippen LogP contribution < -0.4 is 5.73 Å². The molecule has 0 saturated carbocycles. The molecule has 1 atom stereocenters. The largest absolute Gasteiger partial charge is 0.330 e. The van der Waals surface area contributed by atoms with Gasteiger partial charge in [-0.25, -0.2) is 0 Å². The molecular weight excluding hydrogens is 242 g/mol. The van der Waals surface area contributed by atoms with Gasteiger partial charge in [0.15, 0.2) is 0 Å². The van der Waals surface area contributed by atoms with Crippen molar-refractivity contribution in [2.75, 3.05) is 6.54 Å².